The van der Waals surface area contributed by atoms with Crippen LogP contribution >= 0.6 is 0 Å². The van der Waals surface area contributed by atoms with E-state index < -0.39 is 0 Å². The predicted molar refractivity (Wildman–Crippen MR) is 133 cm³/mol. The quantitative estimate of drug-likeness (QED) is 0.303. The second-order valence-electron chi connectivity index (χ2n) is 8.14. The van der Waals surface area contributed by atoms with Gasteiger partial charge in [0.25, 0.3) is 0 Å². The zero-order chi connectivity index (χ0) is 22.5. The van der Waals surface area contributed by atoms with Gasteiger partial charge in [-0.25, -0.2) is 9.36 Å². The molecule has 0 aliphatic carbocycles. The van der Waals surface area contributed by atoms with Crippen LogP contribution in [0.1, 0.15) is 0 Å². The lowest BCUT2D eigenvalue weighted by Gasteiger charge is -2.33. The molecule has 6 nitrogen and oxygen atoms in total. The third-order valence-electron chi connectivity index (χ3n) is 6.09. The van der Waals surface area contributed by atoms with E-state index in [0.717, 1.165) is 50.8 Å². The normalized spacial score (nSPS) is 12.3. The van der Waals surface area contributed by atoms with E-state index >= 15 is 0 Å². The molecule has 0 radical (unpaired) electrons. The number of para-hydroxylation sites is 3. The van der Waals surface area contributed by atoms with Crippen molar-refractivity contribution in [3.05, 3.63) is 116 Å². The molecule has 6 heteroatoms. The van der Waals surface area contributed by atoms with Crippen molar-refractivity contribution in [2.24, 2.45) is 0 Å². The van der Waals surface area contributed by atoms with Gasteiger partial charge in [-0.2, -0.15) is 10.2 Å². The molecule has 1 aliphatic rings. The van der Waals surface area contributed by atoms with Crippen molar-refractivity contribution in [3.8, 4) is 22.9 Å². The van der Waals surface area contributed by atoms with Crippen LogP contribution in [0.4, 0.5) is 17.1 Å². The summed E-state index contributed by atoms with van der Waals surface area (Å²) in [7, 11) is 0. The molecule has 0 atom stereocenters. The van der Waals surface area contributed by atoms with Crippen LogP contribution in [-0.4, -0.2) is 19.6 Å². The van der Waals surface area contributed by atoms with Crippen molar-refractivity contribution in [1.82, 2.24) is 19.6 Å². The maximum absolute atomic E-state index is 6.30. The molecule has 0 spiro atoms. The van der Waals surface area contributed by atoms with Crippen molar-refractivity contribution in [2.45, 2.75) is 0 Å². The smallest absolute Gasteiger partial charge is 0.151 e. The molecule has 0 bridgehead atoms. The van der Waals surface area contributed by atoms with Crippen LogP contribution < -0.4 is 9.64 Å². The Hall–Kier alpha value is -4.84. The highest BCUT2D eigenvalue weighted by Crippen LogP contribution is 2.51. The standard InChI is InChI=1S/C28H19N5O/c1-2-10-24-20(7-1)19-30-33(24)23-13-14-28-26(18-23)32(25-11-3-4-12-27(25)34-28)22-9-5-8-21(17-22)31-16-6-15-29-31/h1-19H. The maximum Gasteiger partial charge on any atom is 0.151 e. The van der Waals surface area contributed by atoms with Gasteiger partial charge in [-0.05, 0) is 60.7 Å². The first-order valence-electron chi connectivity index (χ1n) is 11.1. The van der Waals surface area contributed by atoms with Gasteiger partial charge in [0.1, 0.15) is 0 Å². The Morgan fingerprint density at radius 3 is 2.41 bits per heavy atom. The topological polar surface area (TPSA) is 48.1 Å². The Bertz CT molecular complexity index is 1650. The highest BCUT2D eigenvalue weighted by molar-refractivity contribution is 5.88. The predicted octanol–water partition coefficient (Wildman–Crippen LogP) is 6.79. The average Bonchev–Trinajstić information content (AvgIpc) is 3.58. The summed E-state index contributed by atoms with van der Waals surface area (Å²) in [4.78, 5) is 2.23. The molecule has 4 aromatic carbocycles. The lowest BCUT2D eigenvalue weighted by molar-refractivity contribution is 0.477. The van der Waals surface area contributed by atoms with E-state index in [0.29, 0.717) is 0 Å². The molecule has 0 saturated carbocycles. The number of hydrogen-bond donors (Lipinski definition) is 0. The number of aromatic nitrogens is 4. The molecular formula is C28H19N5O. The van der Waals surface area contributed by atoms with Crippen molar-refractivity contribution in [3.63, 3.8) is 0 Å². The fraction of sp³-hybridized carbons (Fsp3) is 0. The summed E-state index contributed by atoms with van der Waals surface area (Å²) in [5, 5.41) is 10.2. The Morgan fingerprint density at radius 1 is 0.618 bits per heavy atom. The van der Waals surface area contributed by atoms with Gasteiger partial charge in [-0.15, -0.1) is 0 Å². The van der Waals surface area contributed by atoms with Crippen molar-refractivity contribution < 1.29 is 4.74 Å². The summed E-state index contributed by atoms with van der Waals surface area (Å²) in [5.41, 5.74) is 5.97. The monoisotopic (exact) mass is 441 g/mol. The second-order valence-corrected chi connectivity index (χ2v) is 8.14. The molecule has 0 saturated heterocycles. The fourth-order valence-electron chi connectivity index (χ4n) is 4.53. The number of ether oxygens (including phenoxy) is 1. The van der Waals surface area contributed by atoms with E-state index in [1.54, 1.807) is 6.20 Å². The number of nitrogens with zero attached hydrogens (tertiary/aromatic N) is 5. The molecule has 7 rings (SSSR count). The van der Waals surface area contributed by atoms with E-state index in [9.17, 15) is 0 Å². The molecule has 3 heterocycles. The second kappa shape index (κ2) is 7.35. The molecule has 6 aromatic rings. The van der Waals surface area contributed by atoms with Crippen molar-refractivity contribution in [1.29, 1.82) is 0 Å². The average molecular weight is 441 g/mol. The van der Waals surface area contributed by atoms with E-state index in [1.165, 1.54) is 0 Å². The zero-order valence-corrected chi connectivity index (χ0v) is 18.1. The molecule has 2 aromatic heterocycles. The van der Waals surface area contributed by atoms with Crippen LogP contribution in [0, 0.1) is 0 Å². The van der Waals surface area contributed by atoms with Gasteiger partial charge in [-0.1, -0.05) is 36.4 Å². The minimum Gasteiger partial charge on any atom is -0.453 e. The van der Waals surface area contributed by atoms with Crippen LogP contribution in [0.25, 0.3) is 22.3 Å². The van der Waals surface area contributed by atoms with Gasteiger partial charge in [0.2, 0.25) is 0 Å². The first-order chi connectivity index (χ1) is 16.8. The molecule has 0 amide bonds. The highest BCUT2D eigenvalue weighted by atomic mass is 16.5. The van der Waals surface area contributed by atoms with Gasteiger partial charge < -0.3 is 9.64 Å². The highest BCUT2D eigenvalue weighted by Gasteiger charge is 2.26. The molecule has 0 unspecified atom stereocenters. The number of anilines is 3. The minimum absolute atomic E-state index is 0.795. The van der Waals surface area contributed by atoms with Gasteiger partial charge >= 0.3 is 0 Å². The van der Waals surface area contributed by atoms with Crippen LogP contribution in [0.5, 0.6) is 11.5 Å². The van der Waals surface area contributed by atoms with Crippen LogP contribution in [0.2, 0.25) is 0 Å². The molecule has 1 aliphatic heterocycles. The van der Waals surface area contributed by atoms with E-state index in [2.05, 4.69) is 63.6 Å². The first kappa shape index (κ1) is 18.7. The van der Waals surface area contributed by atoms with Gasteiger partial charge in [0.15, 0.2) is 11.5 Å². The summed E-state index contributed by atoms with van der Waals surface area (Å²) in [6.07, 6.45) is 5.62. The van der Waals surface area contributed by atoms with Crippen molar-refractivity contribution in [2.75, 3.05) is 4.90 Å². The van der Waals surface area contributed by atoms with Crippen molar-refractivity contribution >= 4 is 28.0 Å². The molecule has 0 N–H and O–H groups in total. The van der Waals surface area contributed by atoms with E-state index in [4.69, 9.17) is 4.74 Å². The minimum atomic E-state index is 0.795. The largest absolute Gasteiger partial charge is 0.453 e. The maximum atomic E-state index is 6.30. The summed E-state index contributed by atoms with van der Waals surface area (Å²) < 4.78 is 10.1. The van der Waals surface area contributed by atoms with Gasteiger partial charge in [-0.3, -0.25) is 0 Å². The van der Waals surface area contributed by atoms with E-state index in [1.807, 2.05) is 70.3 Å². The number of fused-ring (bicyclic) bond motifs is 3. The zero-order valence-electron chi connectivity index (χ0n) is 18.1. The van der Waals surface area contributed by atoms with E-state index in [-0.39, 0.29) is 0 Å². The Kier molecular flexibility index (Phi) is 4.04. The SMILES string of the molecule is c1cc(N2c3ccccc3Oc3ccc(-n4ncc5ccccc54)cc32)cc(-n2cccn2)c1. The summed E-state index contributed by atoms with van der Waals surface area (Å²) >= 11 is 0. The molecule has 162 valence electrons. The molecule has 34 heavy (non-hydrogen) atoms. The fourth-order valence-corrected chi connectivity index (χ4v) is 4.53. The van der Waals surface area contributed by atoms with Gasteiger partial charge in [0, 0.05) is 23.5 Å². The van der Waals surface area contributed by atoms with Crippen LogP contribution in [0.15, 0.2) is 116 Å². The third kappa shape index (κ3) is 2.89. The first-order valence-corrected chi connectivity index (χ1v) is 11.1. The number of benzene rings is 4. The third-order valence-corrected chi connectivity index (χ3v) is 6.09. The number of hydrogen-bond acceptors (Lipinski definition) is 4. The lowest BCUT2D eigenvalue weighted by atomic mass is 10.1. The van der Waals surface area contributed by atoms with Crippen LogP contribution in [-0.2, 0) is 0 Å². The summed E-state index contributed by atoms with van der Waals surface area (Å²) in [6.45, 7) is 0. The Morgan fingerprint density at radius 2 is 1.47 bits per heavy atom. The summed E-state index contributed by atoms with van der Waals surface area (Å²) in [6, 6.07) is 32.8. The molecule has 0 fully saturated rings. The lowest BCUT2D eigenvalue weighted by Crippen LogP contribution is -2.16. The van der Waals surface area contributed by atoms with Gasteiger partial charge in [0.05, 0.1) is 34.5 Å². The van der Waals surface area contributed by atoms with Crippen LogP contribution in [0.3, 0.4) is 0 Å². The number of rotatable bonds is 3. The summed E-state index contributed by atoms with van der Waals surface area (Å²) in [5.74, 6) is 1.61. The Labute approximate surface area is 195 Å². The molecular weight excluding hydrogens is 422 g/mol. The Balaban J connectivity index is 1.42.